The third kappa shape index (κ3) is 4.84. The van der Waals surface area contributed by atoms with Gasteiger partial charge < -0.3 is 15.7 Å². The molecule has 0 heterocycles. The summed E-state index contributed by atoms with van der Waals surface area (Å²) in [6, 6.07) is 5.43. The number of rotatable bonds is 6. The van der Waals surface area contributed by atoms with Crippen molar-refractivity contribution in [3.05, 3.63) is 28.8 Å². The van der Waals surface area contributed by atoms with Crippen molar-refractivity contribution in [1.29, 1.82) is 0 Å². The number of benzene rings is 1. The fourth-order valence-electron chi connectivity index (χ4n) is 2.76. The Morgan fingerprint density at radius 2 is 2.09 bits per heavy atom. The van der Waals surface area contributed by atoms with E-state index in [1.807, 2.05) is 30.9 Å². The normalized spacial score (nSPS) is 20.0. The van der Waals surface area contributed by atoms with Crippen LogP contribution in [-0.2, 0) is 4.79 Å². The number of carboxylic acid groups (broad SMARTS) is 1. The highest BCUT2D eigenvalue weighted by atomic mass is 35.5. The average Bonchev–Trinajstić information content (AvgIpc) is 2.44. The van der Waals surface area contributed by atoms with Crippen molar-refractivity contribution in [2.45, 2.75) is 38.8 Å². The van der Waals surface area contributed by atoms with Gasteiger partial charge in [-0.1, -0.05) is 24.6 Å². The molecule has 1 aliphatic carbocycles. The second kappa shape index (κ2) is 7.66. The number of hydrogen-bond donors (Lipinski definition) is 3. The van der Waals surface area contributed by atoms with E-state index >= 15 is 0 Å². The van der Waals surface area contributed by atoms with Gasteiger partial charge in [0.1, 0.15) is 0 Å². The number of aliphatic carboxylic acids is 1. The maximum Gasteiger partial charge on any atom is 0.319 e. The molecule has 0 saturated heterocycles. The van der Waals surface area contributed by atoms with Gasteiger partial charge in [-0.15, -0.1) is 0 Å². The lowest BCUT2D eigenvalue weighted by molar-refractivity contribution is -0.139. The van der Waals surface area contributed by atoms with E-state index < -0.39 is 5.97 Å². The standard InChI is InChI=1S/C16H22ClN3O3/c1-3-20(9-15(21)22)12-7-11(8-12)18-16(23)19-14-6-10(2)4-5-13(14)17/h4-6,11-12H,3,7-9H2,1-2H3,(H,21,22)(H2,18,19,23). The lowest BCUT2D eigenvalue weighted by Crippen LogP contribution is -2.55. The van der Waals surface area contributed by atoms with Crippen LogP contribution >= 0.6 is 11.6 Å². The second-order valence-electron chi connectivity index (χ2n) is 5.86. The number of carboxylic acids is 1. The smallest absolute Gasteiger partial charge is 0.319 e. The number of amides is 2. The molecule has 2 rings (SSSR count). The number of halogens is 1. The molecule has 7 heteroatoms. The van der Waals surface area contributed by atoms with Gasteiger partial charge in [-0.05, 0) is 44.0 Å². The van der Waals surface area contributed by atoms with Crippen molar-refractivity contribution in [2.24, 2.45) is 0 Å². The molecule has 0 aliphatic heterocycles. The predicted molar refractivity (Wildman–Crippen MR) is 90.0 cm³/mol. The van der Waals surface area contributed by atoms with Gasteiger partial charge in [0.2, 0.25) is 0 Å². The molecule has 0 spiro atoms. The molecule has 0 atom stereocenters. The van der Waals surface area contributed by atoms with Crippen molar-refractivity contribution in [3.63, 3.8) is 0 Å². The van der Waals surface area contributed by atoms with E-state index in [0.29, 0.717) is 17.3 Å². The van der Waals surface area contributed by atoms with Gasteiger partial charge in [0, 0.05) is 12.1 Å². The lowest BCUT2D eigenvalue weighted by atomic mass is 9.85. The highest BCUT2D eigenvalue weighted by Crippen LogP contribution is 2.26. The van der Waals surface area contributed by atoms with Crippen molar-refractivity contribution in [1.82, 2.24) is 10.2 Å². The van der Waals surface area contributed by atoms with Gasteiger partial charge in [0.05, 0.1) is 17.3 Å². The summed E-state index contributed by atoms with van der Waals surface area (Å²) in [4.78, 5) is 24.7. The maximum atomic E-state index is 12.0. The predicted octanol–water partition coefficient (Wildman–Crippen LogP) is 2.71. The molecule has 0 bridgehead atoms. The van der Waals surface area contributed by atoms with Crippen LogP contribution in [0.4, 0.5) is 10.5 Å². The first-order valence-electron chi connectivity index (χ1n) is 7.68. The number of nitrogens with one attached hydrogen (secondary N) is 2. The monoisotopic (exact) mass is 339 g/mol. The zero-order chi connectivity index (χ0) is 17.0. The fraction of sp³-hybridized carbons (Fsp3) is 0.500. The molecule has 6 nitrogen and oxygen atoms in total. The number of nitrogens with zero attached hydrogens (tertiary/aromatic N) is 1. The largest absolute Gasteiger partial charge is 0.480 e. The summed E-state index contributed by atoms with van der Waals surface area (Å²) in [5.41, 5.74) is 1.60. The number of carbonyl (C=O) groups is 2. The summed E-state index contributed by atoms with van der Waals surface area (Å²) in [6.07, 6.45) is 1.52. The first-order chi connectivity index (χ1) is 10.9. The summed E-state index contributed by atoms with van der Waals surface area (Å²) in [5, 5.41) is 15.0. The molecular formula is C16H22ClN3O3. The molecule has 1 aromatic carbocycles. The number of anilines is 1. The third-order valence-corrected chi connectivity index (χ3v) is 4.41. The molecule has 1 aliphatic rings. The molecule has 0 unspecified atom stereocenters. The molecule has 1 fully saturated rings. The summed E-state index contributed by atoms with van der Waals surface area (Å²) < 4.78 is 0. The van der Waals surface area contributed by atoms with Crippen LogP contribution in [0.2, 0.25) is 5.02 Å². The average molecular weight is 340 g/mol. The van der Waals surface area contributed by atoms with Gasteiger partial charge in [-0.25, -0.2) is 4.79 Å². The van der Waals surface area contributed by atoms with Crippen LogP contribution in [0.5, 0.6) is 0 Å². The van der Waals surface area contributed by atoms with Gasteiger partial charge >= 0.3 is 12.0 Å². The van der Waals surface area contributed by atoms with Crippen LogP contribution in [0, 0.1) is 6.92 Å². The highest BCUT2D eigenvalue weighted by molar-refractivity contribution is 6.33. The Kier molecular flexibility index (Phi) is 5.85. The second-order valence-corrected chi connectivity index (χ2v) is 6.27. The topological polar surface area (TPSA) is 81.7 Å². The zero-order valence-corrected chi connectivity index (χ0v) is 14.1. The first-order valence-corrected chi connectivity index (χ1v) is 8.06. The Balaban J connectivity index is 1.80. The molecule has 0 aromatic heterocycles. The zero-order valence-electron chi connectivity index (χ0n) is 13.3. The van der Waals surface area contributed by atoms with Gasteiger partial charge in [0.25, 0.3) is 0 Å². The maximum absolute atomic E-state index is 12.0. The molecule has 3 N–H and O–H groups in total. The quantitative estimate of drug-likeness (QED) is 0.744. The van der Waals surface area contributed by atoms with Gasteiger partial charge in [0.15, 0.2) is 0 Å². The minimum Gasteiger partial charge on any atom is -0.480 e. The Hall–Kier alpha value is -1.79. The van der Waals surface area contributed by atoms with Crippen molar-refractivity contribution < 1.29 is 14.7 Å². The summed E-state index contributed by atoms with van der Waals surface area (Å²) in [7, 11) is 0. The summed E-state index contributed by atoms with van der Waals surface area (Å²) >= 11 is 6.05. The Morgan fingerprint density at radius 3 is 2.70 bits per heavy atom. The lowest BCUT2D eigenvalue weighted by Gasteiger charge is -2.42. The Labute approximate surface area is 140 Å². The molecule has 1 saturated carbocycles. The minimum atomic E-state index is -0.824. The van der Waals surface area contributed by atoms with Crippen molar-refractivity contribution in [3.8, 4) is 0 Å². The van der Waals surface area contributed by atoms with Crippen LogP contribution in [-0.4, -0.2) is 47.2 Å². The SMILES string of the molecule is CCN(CC(=O)O)C1CC(NC(=O)Nc2cc(C)ccc2Cl)C1. The van der Waals surface area contributed by atoms with Gasteiger partial charge in [-0.2, -0.15) is 0 Å². The van der Waals surface area contributed by atoms with Crippen LogP contribution in [0.1, 0.15) is 25.3 Å². The fourth-order valence-corrected chi connectivity index (χ4v) is 2.92. The molecule has 23 heavy (non-hydrogen) atoms. The Morgan fingerprint density at radius 1 is 1.39 bits per heavy atom. The number of aryl methyl sites for hydroxylation is 1. The molecular weight excluding hydrogens is 318 g/mol. The van der Waals surface area contributed by atoms with Crippen LogP contribution in [0.3, 0.4) is 0 Å². The van der Waals surface area contributed by atoms with E-state index in [-0.39, 0.29) is 24.7 Å². The van der Waals surface area contributed by atoms with E-state index in [0.717, 1.165) is 18.4 Å². The van der Waals surface area contributed by atoms with E-state index in [9.17, 15) is 9.59 Å². The Bertz CT molecular complexity index is 588. The van der Waals surface area contributed by atoms with E-state index in [4.69, 9.17) is 16.7 Å². The number of hydrogen-bond acceptors (Lipinski definition) is 3. The number of likely N-dealkylation sites (N-methyl/N-ethyl adjacent to an activating group) is 1. The first kappa shape index (κ1) is 17.6. The van der Waals surface area contributed by atoms with Crippen LogP contribution in [0.25, 0.3) is 0 Å². The molecule has 126 valence electrons. The summed E-state index contributed by atoms with van der Waals surface area (Å²) in [6.45, 7) is 4.60. The van der Waals surface area contributed by atoms with Crippen LogP contribution < -0.4 is 10.6 Å². The third-order valence-electron chi connectivity index (χ3n) is 4.08. The molecule has 0 radical (unpaired) electrons. The van der Waals surface area contributed by atoms with E-state index in [2.05, 4.69) is 10.6 Å². The van der Waals surface area contributed by atoms with Crippen LogP contribution in [0.15, 0.2) is 18.2 Å². The molecule has 2 amide bonds. The van der Waals surface area contributed by atoms with Crippen molar-refractivity contribution >= 4 is 29.3 Å². The van der Waals surface area contributed by atoms with Gasteiger partial charge in [-0.3, -0.25) is 9.69 Å². The minimum absolute atomic E-state index is 0.0407. The van der Waals surface area contributed by atoms with E-state index in [1.165, 1.54) is 0 Å². The number of urea groups is 1. The van der Waals surface area contributed by atoms with E-state index in [1.54, 1.807) is 6.07 Å². The number of carbonyl (C=O) groups excluding carboxylic acids is 1. The summed E-state index contributed by atoms with van der Waals surface area (Å²) in [5.74, 6) is -0.824. The molecule has 1 aromatic rings. The highest BCUT2D eigenvalue weighted by Gasteiger charge is 2.34. The van der Waals surface area contributed by atoms with Crippen molar-refractivity contribution in [2.75, 3.05) is 18.4 Å².